The van der Waals surface area contributed by atoms with E-state index in [1.54, 1.807) is 7.11 Å². The van der Waals surface area contributed by atoms with Crippen LogP contribution in [0.5, 0.6) is 5.75 Å². The van der Waals surface area contributed by atoms with E-state index in [4.69, 9.17) is 9.47 Å². The van der Waals surface area contributed by atoms with Crippen LogP contribution in [0.25, 0.3) is 0 Å². The normalized spacial score (nSPS) is 25.4. The van der Waals surface area contributed by atoms with Gasteiger partial charge in [0.05, 0.1) is 32.3 Å². The lowest BCUT2D eigenvalue weighted by atomic mass is 9.86. The molecule has 0 radical (unpaired) electrons. The second-order valence-corrected chi connectivity index (χ2v) is 6.06. The molecule has 0 saturated carbocycles. The summed E-state index contributed by atoms with van der Waals surface area (Å²) in [5.74, 6) is 0.915. The van der Waals surface area contributed by atoms with Crippen molar-refractivity contribution in [3.63, 3.8) is 0 Å². The number of benzene rings is 1. The van der Waals surface area contributed by atoms with E-state index in [1.165, 1.54) is 18.4 Å². The van der Waals surface area contributed by atoms with Crippen molar-refractivity contribution in [2.45, 2.75) is 18.9 Å². The van der Waals surface area contributed by atoms with E-state index < -0.39 is 0 Å². The van der Waals surface area contributed by atoms with Gasteiger partial charge in [0.15, 0.2) is 0 Å². The number of hydrogen-bond acceptors (Lipinski definition) is 4. The zero-order chi connectivity index (χ0) is 14.0. The number of ether oxygens (including phenoxy) is 2. The van der Waals surface area contributed by atoms with Crippen LogP contribution in [0.1, 0.15) is 24.4 Å². The Hall–Kier alpha value is -1.10. The predicted octanol–water partition coefficient (Wildman–Crippen LogP) is 1.84. The summed E-state index contributed by atoms with van der Waals surface area (Å²) in [6, 6.07) is 8.78. The second kappa shape index (κ2) is 5.72. The number of nitrogens with zero attached hydrogens (tertiary/aromatic N) is 1. The molecule has 1 atom stereocenters. The molecule has 0 amide bonds. The molecule has 20 heavy (non-hydrogen) atoms. The molecule has 1 N–H and O–H groups in total. The molecule has 0 aliphatic carbocycles. The fourth-order valence-corrected chi connectivity index (χ4v) is 3.30. The third kappa shape index (κ3) is 2.55. The SMILES string of the molecule is COc1cccc(C2CCCN2CC2(CO)COC2)c1. The Balaban J connectivity index is 1.74. The number of methoxy groups -OCH3 is 1. The molecule has 4 heteroatoms. The lowest BCUT2D eigenvalue weighted by Gasteiger charge is -2.43. The fourth-order valence-electron chi connectivity index (χ4n) is 3.30. The number of likely N-dealkylation sites (tertiary alicyclic amines) is 1. The largest absolute Gasteiger partial charge is 0.497 e. The quantitative estimate of drug-likeness (QED) is 0.892. The van der Waals surface area contributed by atoms with Crippen LogP contribution in [0.2, 0.25) is 0 Å². The van der Waals surface area contributed by atoms with Gasteiger partial charge in [-0.05, 0) is 37.1 Å². The molecule has 1 unspecified atom stereocenters. The summed E-state index contributed by atoms with van der Waals surface area (Å²) in [4.78, 5) is 2.49. The first-order chi connectivity index (χ1) is 9.76. The second-order valence-electron chi connectivity index (χ2n) is 6.06. The van der Waals surface area contributed by atoms with Crippen molar-refractivity contribution in [1.82, 2.24) is 4.90 Å². The Morgan fingerprint density at radius 2 is 2.30 bits per heavy atom. The van der Waals surface area contributed by atoms with Crippen molar-refractivity contribution >= 4 is 0 Å². The highest BCUT2D eigenvalue weighted by Gasteiger charge is 2.42. The molecule has 2 fully saturated rings. The van der Waals surface area contributed by atoms with Crippen LogP contribution in [0, 0.1) is 5.41 Å². The number of aliphatic hydroxyl groups is 1. The first-order valence-electron chi connectivity index (χ1n) is 7.33. The van der Waals surface area contributed by atoms with Crippen LogP contribution in [0.3, 0.4) is 0 Å². The molecule has 2 aliphatic heterocycles. The van der Waals surface area contributed by atoms with E-state index in [9.17, 15) is 5.11 Å². The Labute approximate surface area is 120 Å². The van der Waals surface area contributed by atoms with Gasteiger partial charge >= 0.3 is 0 Å². The van der Waals surface area contributed by atoms with E-state index in [0.29, 0.717) is 19.3 Å². The van der Waals surface area contributed by atoms with Crippen LogP contribution in [-0.4, -0.2) is 50.0 Å². The molecule has 0 aromatic heterocycles. The monoisotopic (exact) mass is 277 g/mol. The summed E-state index contributed by atoms with van der Waals surface area (Å²) in [7, 11) is 1.71. The van der Waals surface area contributed by atoms with Crippen molar-refractivity contribution in [3.05, 3.63) is 29.8 Å². The van der Waals surface area contributed by atoms with Crippen molar-refractivity contribution < 1.29 is 14.6 Å². The minimum atomic E-state index is -0.0402. The lowest BCUT2D eigenvalue weighted by Crippen LogP contribution is -2.53. The third-order valence-corrected chi connectivity index (χ3v) is 4.53. The smallest absolute Gasteiger partial charge is 0.119 e. The third-order valence-electron chi connectivity index (χ3n) is 4.53. The highest BCUT2D eigenvalue weighted by atomic mass is 16.5. The van der Waals surface area contributed by atoms with E-state index in [-0.39, 0.29) is 12.0 Å². The predicted molar refractivity (Wildman–Crippen MR) is 76.9 cm³/mol. The van der Waals surface area contributed by atoms with Gasteiger partial charge < -0.3 is 14.6 Å². The number of hydrogen-bond donors (Lipinski definition) is 1. The maximum atomic E-state index is 9.61. The average molecular weight is 277 g/mol. The maximum absolute atomic E-state index is 9.61. The van der Waals surface area contributed by atoms with Gasteiger partial charge in [0.25, 0.3) is 0 Å². The summed E-state index contributed by atoms with van der Waals surface area (Å²) in [6.07, 6.45) is 2.39. The van der Waals surface area contributed by atoms with E-state index in [0.717, 1.165) is 18.8 Å². The van der Waals surface area contributed by atoms with Crippen LogP contribution < -0.4 is 4.74 Å². The van der Waals surface area contributed by atoms with Gasteiger partial charge in [-0.3, -0.25) is 4.90 Å². The number of rotatable bonds is 5. The Kier molecular flexibility index (Phi) is 3.96. The Morgan fingerprint density at radius 1 is 1.45 bits per heavy atom. The fraction of sp³-hybridized carbons (Fsp3) is 0.625. The first kappa shape index (κ1) is 13.9. The van der Waals surface area contributed by atoms with E-state index in [1.807, 2.05) is 6.07 Å². The van der Waals surface area contributed by atoms with Crippen LogP contribution >= 0.6 is 0 Å². The topological polar surface area (TPSA) is 41.9 Å². The molecule has 2 saturated heterocycles. The van der Waals surface area contributed by atoms with Crippen LogP contribution in [-0.2, 0) is 4.74 Å². The lowest BCUT2D eigenvalue weighted by molar-refractivity contribution is -0.149. The molecule has 4 nitrogen and oxygen atoms in total. The summed E-state index contributed by atoms with van der Waals surface area (Å²) in [6.45, 7) is 3.61. The summed E-state index contributed by atoms with van der Waals surface area (Å²) in [5, 5.41) is 9.61. The minimum absolute atomic E-state index is 0.0402. The molecular formula is C16H23NO3. The standard InChI is InChI=1S/C16H23NO3/c1-19-14-5-2-4-13(8-14)15-6-3-7-17(15)9-16(10-18)11-20-12-16/h2,4-5,8,15,18H,3,6-7,9-12H2,1H3. The molecule has 1 aromatic rings. The van der Waals surface area contributed by atoms with Gasteiger partial charge in [0.1, 0.15) is 5.75 Å². The van der Waals surface area contributed by atoms with Crippen molar-refractivity contribution in [2.24, 2.45) is 5.41 Å². The molecule has 3 rings (SSSR count). The highest BCUT2D eigenvalue weighted by molar-refractivity contribution is 5.31. The molecular weight excluding hydrogens is 254 g/mol. The maximum Gasteiger partial charge on any atom is 0.119 e. The minimum Gasteiger partial charge on any atom is -0.497 e. The Bertz CT molecular complexity index is 453. The molecule has 1 aromatic carbocycles. The van der Waals surface area contributed by atoms with Gasteiger partial charge in [-0.25, -0.2) is 0 Å². The van der Waals surface area contributed by atoms with Gasteiger partial charge in [-0.15, -0.1) is 0 Å². The zero-order valence-electron chi connectivity index (χ0n) is 12.0. The zero-order valence-corrected chi connectivity index (χ0v) is 12.0. The van der Waals surface area contributed by atoms with Crippen molar-refractivity contribution in [1.29, 1.82) is 0 Å². The number of aliphatic hydroxyl groups excluding tert-OH is 1. The Morgan fingerprint density at radius 3 is 2.95 bits per heavy atom. The van der Waals surface area contributed by atoms with E-state index >= 15 is 0 Å². The molecule has 0 spiro atoms. The van der Waals surface area contributed by atoms with Crippen molar-refractivity contribution in [2.75, 3.05) is 40.0 Å². The average Bonchev–Trinajstić information content (AvgIpc) is 2.91. The summed E-state index contributed by atoms with van der Waals surface area (Å²) in [5.41, 5.74) is 1.27. The molecule has 110 valence electrons. The van der Waals surface area contributed by atoms with Gasteiger partial charge in [0, 0.05) is 12.6 Å². The van der Waals surface area contributed by atoms with Crippen LogP contribution in [0.4, 0.5) is 0 Å². The molecule has 2 aliphatic rings. The highest BCUT2D eigenvalue weighted by Crippen LogP contribution is 2.37. The van der Waals surface area contributed by atoms with Gasteiger partial charge in [-0.2, -0.15) is 0 Å². The summed E-state index contributed by atoms with van der Waals surface area (Å²) < 4.78 is 10.6. The van der Waals surface area contributed by atoms with Crippen molar-refractivity contribution in [3.8, 4) is 5.75 Å². The van der Waals surface area contributed by atoms with Gasteiger partial charge in [-0.1, -0.05) is 12.1 Å². The molecule has 2 heterocycles. The first-order valence-corrected chi connectivity index (χ1v) is 7.33. The van der Waals surface area contributed by atoms with Gasteiger partial charge in [0.2, 0.25) is 0 Å². The van der Waals surface area contributed by atoms with E-state index in [2.05, 4.69) is 23.1 Å². The molecule has 0 bridgehead atoms. The summed E-state index contributed by atoms with van der Waals surface area (Å²) >= 11 is 0. The van der Waals surface area contributed by atoms with Crippen LogP contribution in [0.15, 0.2) is 24.3 Å².